The lowest BCUT2D eigenvalue weighted by atomic mass is 10.0. The predicted molar refractivity (Wildman–Crippen MR) is 97.1 cm³/mol. The number of unbranched alkanes of at least 4 members (excludes halogenated alkanes) is 2. The van der Waals surface area contributed by atoms with E-state index >= 15 is 0 Å². The highest BCUT2D eigenvalue weighted by Crippen LogP contribution is 2.28. The van der Waals surface area contributed by atoms with Crippen molar-refractivity contribution in [2.75, 3.05) is 26.4 Å². The average molecular weight is 366 g/mol. The van der Waals surface area contributed by atoms with Crippen LogP contribution in [0.5, 0.6) is 0 Å². The molecule has 0 aliphatic carbocycles. The van der Waals surface area contributed by atoms with Gasteiger partial charge < -0.3 is 18.9 Å². The van der Waals surface area contributed by atoms with Crippen LogP contribution in [-0.2, 0) is 18.9 Å². The minimum absolute atomic E-state index is 0.0905. The summed E-state index contributed by atoms with van der Waals surface area (Å²) in [7, 11) is 0. The summed E-state index contributed by atoms with van der Waals surface area (Å²) < 4.78 is 36.3. The van der Waals surface area contributed by atoms with Crippen molar-refractivity contribution in [1.29, 1.82) is 0 Å². The first-order valence-corrected chi connectivity index (χ1v) is 9.96. The Labute approximate surface area is 156 Å². The zero-order chi connectivity index (χ0) is 18.2. The molecule has 0 saturated carbocycles. The molecule has 2 fully saturated rings. The fourth-order valence-electron chi connectivity index (χ4n) is 3.49. The Kier molecular flexibility index (Phi) is 7.86. The van der Waals surface area contributed by atoms with Gasteiger partial charge in [0.1, 0.15) is 5.82 Å². The van der Waals surface area contributed by atoms with Crippen molar-refractivity contribution in [1.82, 2.24) is 0 Å². The number of hydrogen-bond donors (Lipinski definition) is 0. The first-order valence-electron chi connectivity index (χ1n) is 9.96. The van der Waals surface area contributed by atoms with E-state index < -0.39 is 6.29 Å². The molecule has 146 valence electrons. The number of halogens is 1. The Morgan fingerprint density at radius 2 is 1.42 bits per heavy atom. The Morgan fingerprint density at radius 3 is 2.08 bits per heavy atom. The highest BCUT2D eigenvalue weighted by molar-refractivity contribution is 5.17. The molecule has 0 aromatic heterocycles. The third-order valence-corrected chi connectivity index (χ3v) is 5.17. The summed E-state index contributed by atoms with van der Waals surface area (Å²) in [4.78, 5) is 0. The molecule has 1 aromatic rings. The van der Waals surface area contributed by atoms with E-state index in [9.17, 15) is 4.39 Å². The van der Waals surface area contributed by atoms with Crippen LogP contribution >= 0.6 is 0 Å². The average Bonchev–Trinajstić information content (AvgIpc) is 2.69. The standard InChI is InChI=1S/C21H31FO4/c1-2-3-4-5-16-12-23-20(24-13-16)11-6-17-14-25-21(26-15-17)18-7-9-19(22)10-8-18/h7-10,16-17,20-21H,2-6,11-15H2,1H3/t16-,17-,20-,21-. The van der Waals surface area contributed by atoms with E-state index in [4.69, 9.17) is 18.9 Å². The van der Waals surface area contributed by atoms with E-state index in [1.807, 2.05) is 0 Å². The number of benzene rings is 1. The summed E-state index contributed by atoms with van der Waals surface area (Å²) in [5.41, 5.74) is 0.859. The van der Waals surface area contributed by atoms with Crippen LogP contribution < -0.4 is 0 Å². The van der Waals surface area contributed by atoms with E-state index in [1.165, 1.54) is 37.8 Å². The lowest BCUT2D eigenvalue weighted by Crippen LogP contribution is -2.33. The molecular formula is C21H31FO4. The van der Waals surface area contributed by atoms with Crippen LogP contribution in [0.25, 0.3) is 0 Å². The first-order chi connectivity index (χ1) is 12.7. The van der Waals surface area contributed by atoms with Gasteiger partial charge in [-0.1, -0.05) is 38.3 Å². The van der Waals surface area contributed by atoms with Crippen LogP contribution in [0.15, 0.2) is 24.3 Å². The molecule has 5 heteroatoms. The van der Waals surface area contributed by atoms with Crippen LogP contribution in [0.2, 0.25) is 0 Å². The van der Waals surface area contributed by atoms with Crippen LogP contribution in [-0.4, -0.2) is 32.7 Å². The van der Waals surface area contributed by atoms with Crippen molar-refractivity contribution >= 4 is 0 Å². The molecule has 2 saturated heterocycles. The van der Waals surface area contributed by atoms with Gasteiger partial charge in [0.2, 0.25) is 0 Å². The first kappa shape index (κ1) is 19.7. The Balaban J connectivity index is 1.30. The molecule has 0 spiro atoms. The van der Waals surface area contributed by atoms with Crippen molar-refractivity contribution in [2.45, 2.75) is 58.0 Å². The van der Waals surface area contributed by atoms with Crippen LogP contribution in [0.3, 0.4) is 0 Å². The molecule has 4 nitrogen and oxygen atoms in total. The Morgan fingerprint density at radius 1 is 0.808 bits per heavy atom. The van der Waals surface area contributed by atoms with Gasteiger partial charge in [-0.3, -0.25) is 0 Å². The summed E-state index contributed by atoms with van der Waals surface area (Å²) in [5.74, 6) is 0.652. The van der Waals surface area contributed by atoms with Crippen molar-refractivity contribution in [2.24, 2.45) is 11.8 Å². The summed E-state index contributed by atoms with van der Waals surface area (Å²) in [6.07, 6.45) is 6.37. The van der Waals surface area contributed by atoms with Gasteiger partial charge >= 0.3 is 0 Å². The minimum Gasteiger partial charge on any atom is -0.352 e. The van der Waals surface area contributed by atoms with Crippen LogP contribution in [0, 0.1) is 17.7 Å². The normalized spacial score (nSPS) is 29.6. The molecule has 0 amide bonds. The molecule has 26 heavy (non-hydrogen) atoms. The molecule has 2 aliphatic heterocycles. The second-order valence-corrected chi connectivity index (χ2v) is 7.45. The monoisotopic (exact) mass is 366 g/mol. The molecule has 3 rings (SSSR count). The van der Waals surface area contributed by atoms with Gasteiger partial charge in [-0.2, -0.15) is 0 Å². The summed E-state index contributed by atoms with van der Waals surface area (Å²) in [5, 5.41) is 0. The molecule has 0 atom stereocenters. The maximum Gasteiger partial charge on any atom is 0.183 e. The molecule has 2 heterocycles. The van der Waals surface area contributed by atoms with Crippen LogP contribution in [0.1, 0.15) is 57.3 Å². The zero-order valence-electron chi connectivity index (χ0n) is 15.7. The number of ether oxygens (including phenoxy) is 4. The van der Waals surface area contributed by atoms with Gasteiger partial charge in [0.25, 0.3) is 0 Å². The summed E-state index contributed by atoms with van der Waals surface area (Å²) >= 11 is 0. The number of hydrogen-bond acceptors (Lipinski definition) is 4. The van der Waals surface area contributed by atoms with Crippen LogP contribution in [0.4, 0.5) is 4.39 Å². The fraction of sp³-hybridized carbons (Fsp3) is 0.714. The molecule has 0 radical (unpaired) electrons. The lowest BCUT2D eigenvalue weighted by molar-refractivity contribution is -0.220. The zero-order valence-corrected chi connectivity index (χ0v) is 15.7. The number of rotatable bonds is 8. The smallest absolute Gasteiger partial charge is 0.183 e. The maximum atomic E-state index is 13.0. The molecule has 0 bridgehead atoms. The topological polar surface area (TPSA) is 36.9 Å². The summed E-state index contributed by atoms with van der Waals surface area (Å²) in [6.45, 7) is 5.16. The predicted octanol–water partition coefficient (Wildman–Crippen LogP) is 4.84. The van der Waals surface area contributed by atoms with Crippen molar-refractivity contribution in [3.8, 4) is 0 Å². The molecule has 0 N–H and O–H groups in total. The van der Waals surface area contributed by atoms with E-state index in [0.29, 0.717) is 25.0 Å². The Hall–Kier alpha value is -1.01. The van der Waals surface area contributed by atoms with Gasteiger partial charge in [-0.25, -0.2) is 4.39 Å². The quantitative estimate of drug-likeness (QED) is 0.617. The van der Waals surface area contributed by atoms with Crippen molar-refractivity contribution in [3.05, 3.63) is 35.6 Å². The minimum atomic E-state index is -0.391. The molecule has 0 unspecified atom stereocenters. The molecular weight excluding hydrogens is 335 g/mol. The second-order valence-electron chi connectivity index (χ2n) is 7.45. The van der Waals surface area contributed by atoms with E-state index in [0.717, 1.165) is 31.6 Å². The van der Waals surface area contributed by atoms with Crippen molar-refractivity contribution < 1.29 is 23.3 Å². The van der Waals surface area contributed by atoms with E-state index in [2.05, 4.69) is 6.92 Å². The van der Waals surface area contributed by atoms with Crippen molar-refractivity contribution in [3.63, 3.8) is 0 Å². The molecule has 1 aromatic carbocycles. The van der Waals surface area contributed by atoms with Gasteiger partial charge in [0.05, 0.1) is 26.4 Å². The lowest BCUT2D eigenvalue weighted by Gasteiger charge is -2.32. The fourth-order valence-corrected chi connectivity index (χ4v) is 3.49. The van der Waals surface area contributed by atoms with Gasteiger partial charge in [0.15, 0.2) is 12.6 Å². The maximum absolute atomic E-state index is 13.0. The van der Waals surface area contributed by atoms with E-state index in [-0.39, 0.29) is 12.1 Å². The summed E-state index contributed by atoms with van der Waals surface area (Å²) in [6, 6.07) is 6.28. The van der Waals surface area contributed by atoms with E-state index in [1.54, 1.807) is 12.1 Å². The Bertz CT molecular complexity index is 505. The largest absolute Gasteiger partial charge is 0.352 e. The van der Waals surface area contributed by atoms with Gasteiger partial charge in [-0.15, -0.1) is 0 Å². The highest BCUT2D eigenvalue weighted by Gasteiger charge is 2.26. The van der Waals surface area contributed by atoms with Gasteiger partial charge in [-0.05, 0) is 31.4 Å². The molecule has 2 aliphatic rings. The SMILES string of the molecule is CCCCC[C@H]1CO[C@H](CC[C@H]2CO[C@H](c3ccc(F)cc3)OC2)OC1. The van der Waals surface area contributed by atoms with Gasteiger partial charge in [0, 0.05) is 17.4 Å². The third kappa shape index (κ3) is 6.02. The second kappa shape index (κ2) is 10.4. The third-order valence-electron chi connectivity index (χ3n) is 5.17. The highest BCUT2D eigenvalue weighted by atomic mass is 19.1.